The fourth-order valence-corrected chi connectivity index (χ4v) is 1.43. The summed E-state index contributed by atoms with van der Waals surface area (Å²) in [5.41, 5.74) is 7.06. The summed E-state index contributed by atoms with van der Waals surface area (Å²) >= 11 is 0. The van der Waals surface area contributed by atoms with E-state index in [4.69, 9.17) is 10.8 Å². The number of primary amides is 1. The van der Waals surface area contributed by atoms with E-state index in [-0.39, 0.29) is 25.5 Å². The molecule has 0 aliphatic heterocycles. The van der Waals surface area contributed by atoms with E-state index in [0.29, 0.717) is 11.1 Å². The average Bonchev–Trinajstić information content (AvgIpc) is 2.37. The van der Waals surface area contributed by atoms with Gasteiger partial charge < -0.3 is 16.2 Å². The molecule has 100 valence electrons. The molecule has 0 aromatic heterocycles. The molecule has 4 N–H and O–H groups in total. The van der Waals surface area contributed by atoms with Crippen molar-refractivity contribution in [3.63, 3.8) is 0 Å². The summed E-state index contributed by atoms with van der Waals surface area (Å²) in [5, 5.41) is 11.3. The Hall–Kier alpha value is -2.32. The van der Waals surface area contributed by atoms with Crippen molar-refractivity contribution in [3.05, 3.63) is 34.9 Å². The van der Waals surface area contributed by atoms with Gasteiger partial charge in [0, 0.05) is 24.1 Å². The third-order valence-corrected chi connectivity index (χ3v) is 2.46. The lowest BCUT2D eigenvalue weighted by Gasteiger charge is -2.05. The smallest absolute Gasteiger partial charge is 0.251 e. The van der Waals surface area contributed by atoms with E-state index in [9.17, 15) is 9.59 Å². The summed E-state index contributed by atoms with van der Waals surface area (Å²) in [5.74, 6) is 4.58. The quantitative estimate of drug-likeness (QED) is 0.662. The van der Waals surface area contributed by atoms with E-state index in [2.05, 4.69) is 17.2 Å². The van der Waals surface area contributed by atoms with Crippen molar-refractivity contribution in [2.45, 2.75) is 13.3 Å². The second-order valence-corrected chi connectivity index (χ2v) is 3.96. The molecule has 19 heavy (non-hydrogen) atoms. The molecule has 1 aromatic rings. The van der Waals surface area contributed by atoms with Crippen LogP contribution in [0.3, 0.4) is 0 Å². The lowest BCUT2D eigenvalue weighted by atomic mass is 10.0. The largest absolute Gasteiger partial charge is 0.384 e. The monoisotopic (exact) mass is 260 g/mol. The number of carbonyl (C=O) groups is 2. The Morgan fingerprint density at radius 2 is 2.16 bits per heavy atom. The zero-order chi connectivity index (χ0) is 14.3. The fourth-order valence-electron chi connectivity index (χ4n) is 1.43. The Labute approximate surface area is 111 Å². The summed E-state index contributed by atoms with van der Waals surface area (Å²) in [4.78, 5) is 22.4. The van der Waals surface area contributed by atoms with Crippen molar-refractivity contribution in [2.24, 2.45) is 5.73 Å². The Morgan fingerprint density at radius 3 is 2.79 bits per heavy atom. The highest BCUT2D eigenvalue weighted by molar-refractivity contribution is 5.94. The lowest BCUT2D eigenvalue weighted by Crippen LogP contribution is -2.27. The summed E-state index contributed by atoms with van der Waals surface area (Å²) < 4.78 is 0. The van der Waals surface area contributed by atoms with Gasteiger partial charge in [-0.3, -0.25) is 9.59 Å². The van der Waals surface area contributed by atoms with Crippen LogP contribution in [0.25, 0.3) is 0 Å². The van der Waals surface area contributed by atoms with Crippen molar-refractivity contribution in [3.8, 4) is 11.8 Å². The van der Waals surface area contributed by atoms with Gasteiger partial charge >= 0.3 is 0 Å². The van der Waals surface area contributed by atoms with Gasteiger partial charge in [-0.1, -0.05) is 17.9 Å². The number of aryl methyl sites for hydroxylation is 1. The molecule has 0 aliphatic rings. The number of benzene rings is 1. The van der Waals surface area contributed by atoms with Crippen LogP contribution in [0.15, 0.2) is 18.2 Å². The normalized spacial score (nSPS) is 9.37. The van der Waals surface area contributed by atoms with Gasteiger partial charge in [0.25, 0.3) is 5.91 Å². The second kappa shape index (κ2) is 7.19. The predicted octanol–water partition coefficient (Wildman–Crippen LogP) is -0.0560. The van der Waals surface area contributed by atoms with Crippen LogP contribution in [0.2, 0.25) is 0 Å². The van der Waals surface area contributed by atoms with Gasteiger partial charge in [0.1, 0.15) is 6.61 Å². The highest BCUT2D eigenvalue weighted by Crippen LogP contribution is 2.10. The van der Waals surface area contributed by atoms with Gasteiger partial charge in [-0.15, -0.1) is 0 Å². The third kappa shape index (κ3) is 4.82. The molecular formula is C14H16N2O3. The maximum Gasteiger partial charge on any atom is 0.251 e. The van der Waals surface area contributed by atoms with Crippen molar-refractivity contribution in [1.82, 2.24) is 5.32 Å². The second-order valence-electron chi connectivity index (χ2n) is 3.96. The van der Waals surface area contributed by atoms with Crippen molar-refractivity contribution >= 4 is 11.8 Å². The van der Waals surface area contributed by atoms with Gasteiger partial charge in [0.2, 0.25) is 5.91 Å². The zero-order valence-electron chi connectivity index (χ0n) is 10.7. The van der Waals surface area contributed by atoms with Gasteiger partial charge in [0.15, 0.2) is 0 Å². The summed E-state index contributed by atoms with van der Waals surface area (Å²) in [6.45, 7) is 1.85. The molecule has 0 radical (unpaired) electrons. The summed E-state index contributed by atoms with van der Waals surface area (Å²) in [7, 11) is 0. The number of carbonyl (C=O) groups excluding carboxylic acids is 2. The molecule has 0 aliphatic carbocycles. The minimum atomic E-state index is -0.460. The predicted molar refractivity (Wildman–Crippen MR) is 71.3 cm³/mol. The van der Waals surface area contributed by atoms with Crippen LogP contribution in [0, 0.1) is 18.8 Å². The van der Waals surface area contributed by atoms with E-state index >= 15 is 0 Å². The van der Waals surface area contributed by atoms with Crippen LogP contribution in [0.5, 0.6) is 0 Å². The van der Waals surface area contributed by atoms with Crippen molar-refractivity contribution in [1.29, 1.82) is 0 Å². The first kappa shape index (κ1) is 14.7. The average molecular weight is 260 g/mol. The van der Waals surface area contributed by atoms with Crippen molar-refractivity contribution < 1.29 is 14.7 Å². The molecule has 0 heterocycles. The maximum absolute atomic E-state index is 11.8. The van der Waals surface area contributed by atoms with Crippen LogP contribution >= 0.6 is 0 Å². The number of amides is 2. The molecule has 5 heteroatoms. The first-order valence-corrected chi connectivity index (χ1v) is 5.81. The Balaban J connectivity index is 2.78. The number of rotatable bonds is 4. The molecule has 0 saturated carbocycles. The molecular weight excluding hydrogens is 244 g/mol. The van der Waals surface area contributed by atoms with E-state index in [0.717, 1.165) is 5.56 Å². The van der Waals surface area contributed by atoms with Crippen LogP contribution < -0.4 is 11.1 Å². The summed E-state index contributed by atoms with van der Waals surface area (Å²) in [6, 6.07) is 5.11. The van der Waals surface area contributed by atoms with E-state index in [1.807, 2.05) is 6.92 Å². The van der Waals surface area contributed by atoms with Crippen LogP contribution in [-0.2, 0) is 4.79 Å². The Bertz CT molecular complexity index is 541. The van der Waals surface area contributed by atoms with Crippen LogP contribution in [-0.4, -0.2) is 30.1 Å². The van der Waals surface area contributed by atoms with Gasteiger partial charge in [0.05, 0.1) is 0 Å². The third-order valence-electron chi connectivity index (χ3n) is 2.46. The Kier molecular flexibility index (Phi) is 5.58. The first-order chi connectivity index (χ1) is 9.04. The standard InChI is InChI=1S/C14H16N2O3/c1-10-4-5-12(9-11(10)3-2-8-17)14(19)16-7-6-13(15)18/h4-5,9,17H,6-8H2,1H3,(H2,15,18)(H,16,19). The van der Waals surface area contributed by atoms with Crippen LogP contribution in [0.4, 0.5) is 0 Å². The number of aliphatic hydroxyl groups excluding tert-OH is 1. The molecule has 1 aromatic carbocycles. The first-order valence-electron chi connectivity index (χ1n) is 5.81. The van der Waals surface area contributed by atoms with E-state index < -0.39 is 5.91 Å². The number of hydrogen-bond acceptors (Lipinski definition) is 3. The number of aliphatic hydroxyl groups is 1. The molecule has 0 atom stereocenters. The topological polar surface area (TPSA) is 92.4 Å². The minimum absolute atomic E-state index is 0.106. The number of nitrogens with two attached hydrogens (primary N) is 1. The molecule has 2 amide bonds. The zero-order valence-corrected chi connectivity index (χ0v) is 10.7. The van der Waals surface area contributed by atoms with Crippen LogP contribution in [0.1, 0.15) is 27.9 Å². The van der Waals surface area contributed by atoms with Gasteiger partial charge in [-0.25, -0.2) is 0 Å². The number of nitrogens with one attached hydrogen (secondary N) is 1. The van der Waals surface area contributed by atoms with Gasteiger partial charge in [-0.05, 0) is 24.6 Å². The number of hydrogen-bond donors (Lipinski definition) is 3. The van der Waals surface area contributed by atoms with Gasteiger partial charge in [-0.2, -0.15) is 0 Å². The molecule has 0 saturated heterocycles. The van der Waals surface area contributed by atoms with E-state index in [1.54, 1.807) is 18.2 Å². The minimum Gasteiger partial charge on any atom is -0.384 e. The lowest BCUT2D eigenvalue weighted by molar-refractivity contribution is -0.117. The Morgan fingerprint density at radius 1 is 1.42 bits per heavy atom. The SMILES string of the molecule is Cc1ccc(C(=O)NCCC(N)=O)cc1C#CCO. The fraction of sp³-hybridized carbons (Fsp3) is 0.286. The highest BCUT2D eigenvalue weighted by atomic mass is 16.2. The molecule has 1 rings (SSSR count). The maximum atomic E-state index is 11.8. The highest BCUT2D eigenvalue weighted by Gasteiger charge is 2.07. The molecule has 0 bridgehead atoms. The molecule has 0 fully saturated rings. The molecule has 5 nitrogen and oxygen atoms in total. The van der Waals surface area contributed by atoms with Crippen molar-refractivity contribution in [2.75, 3.05) is 13.2 Å². The van der Waals surface area contributed by atoms with E-state index in [1.165, 1.54) is 0 Å². The molecule has 0 spiro atoms. The molecule has 0 unspecified atom stereocenters. The summed E-state index contributed by atoms with van der Waals surface area (Å²) in [6.07, 6.45) is 0.106.